The first-order chi connectivity index (χ1) is 8.22. The zero-order valence-electron chi connectivity index (χ0n) is 10.2. The van der Waals surface area contributed by atoms with Gasteiger partial charge in [-0.3, -0.25) is 5.41 Å². The summed E-state index contributed by atoms with van der Waals surface area (Å²) in [5.74, 6) is 0.876. The lowest BCUT2D eigenvalue weighted by Gasteiger charge is -2.22. The number of anilines is 1. The lowest BCUT2D eigenvalue weighted by molar-refractivity contribution is 0.702. The third-order valence-electron chi connectivity index (χ3n) is 2.95. The molecule has 0 unspecified atom stereocenters. The van der Waals surface area contributed by atoms with Crippen molar-refractivity contribution in [1.82, 2.24) is 9.97 Å². The zero-order valence-corrected chi connectivity index (χ0v) is 10.2. The monoisotopic (exact) mass is 233 g/mol. The molecule has 3 N–H and O–H groups in total. The zero-order chi connectivity index (χ0) is 12.3. The Morgan fingerprint density at radius 3 is 2.71 bits per heavy atom. The van der Waals surface area contributed by atoms with Crippen molar-refractivity contribution < 1.29 is 0 Å². The Hall–Kier alpha value is -1.65. The van der Waals surface area contributed by atoms with Crippen LogP contribution < -0.4 is 10.6 Å². The predicted molar refractivity (Wildman–Crippen MR) is 68.3 cm³/mol. The van der Waals surface area contributed by atoms with Gasteiger partial charge in [0.05, 0.1) is 12.4 Å². The Kier molecular flexibility index (Phi) is 3.56. The maximum absolute atomic E-state index is 7.28. The SMILES string of the molecule is CCCCN(c1cnc(C(=N)N)cn1)C1CC1. The second-order valence-electron chi connectivity index (χ2n) is 4.45. The van der Waals surface area contributed by atoms with Crippen LogP contribution >= 0.6 is 0 Å². The van der Waals surface area contributed by atoms with E-state index in [2.05, 4.69) is 21.8 Å². The normalized spacial score (nSPS) is 14.6. The highest BCUT2D eigenvalue weighted by atomic mass is 15.2. The van der Waals surface area contributed by atoms with Crippen LogP contribution in [0.3, 0.4) is 0 Å². The molecule has 1 aromatic heterocycles. The molecular weight excluding hydrogens is 214 g/mol. The topological polar surface area (TPSA) is 78.9 Å². The number of nitrogens with two attached hydrogens (primary N) is 1. The van der Waals surface area contributed by atoms with E-state index in [9.17, 15) is 0 Å². The van der Waals surface area contributed by atoms with E-state index in [-0.39, 0.29) is 5.84 Å². The van der Waals surface area contributed by atoms with Gasteiger partial charge in [0, 0.05) is 12.6 Å². The van der Waals surface area contributed by atoms with Crippen LogP contribution in [-0.4, -0.2) is 28.4 Å². The van der Waals surface area contributed by atoms with Crippen LogP contribution in [0.2, 0.25) is 0 Å². The molecule has 0 radical (unpaired) electrons. The van der Waals surface area contributed by atoms with Gasteiger partial charge in [-0.25, -0.2) is 9.97 Å². The molecule has 0 saturated heterocycles. The van der Waals surface area contributed by atoms with Crippen molar-refractivity contribution in [3.63, 3.8) is 0 Å². The van der Waals surface area contributed by atoms with E-state index in [1.54, 1.807) is 12.4 Å². The van der Waals surface area contributed by atoms with Gasteiger partial charge >= 0.3 is 0 Å². The molecule has 0 aromatic carbocycles. The number of unbranched alkanes of at least 4 members (excludes halogenated alkanes) is 1. The number of hydrogen-bond acceptors (Lipinski definition) is 4. The smallest absolute Gasteiger partial charge is 0.147 e. The summed E-state index contributed by atoms with van der Waals surface area (Å²) >= 11 is 0. The van der Waals surface area contributed by atoms with Crippen LogP contribution in [0.4, 0.5) is 5.82 Å². The van der Waals surface area contributed by atoms with Crippen LogP contribution in [0.1, 0.15) is 38.3 Å². The van der Waals surface area contributed by atoms with Crippen LogP contribution in [-0.2, 0) is 0 Å². The molecule has 0 aliphatic heterocycles. The van der Waals surface area contributed by atoms with E-state index in [4.69, 9.17) is 11.1 Å². The fraction of sp³-hybridized carbons (Fsp3) is 0.583. The van der Waals surface area contributed by atoms with E-state index in [1.807, 2.05) is 0 Å². The molecule has 0 atom stereocenters. The van der Waals surface area contributed by atoms with Gasteiger partial charge in [0.25, 0.3) is 0 Å². The van der Waals surface area contributed by atoms with Crippen LogP contribution in [0.5, 0.6) is 0 Å². The van der Waals surface area contributed by atoms with E-state index >= 15 is 0 Å². The molecule has 2 rings (SSSR count). The van der Waals surface area contributed by atoms with Crippen LogP contribution in [0, 0.1) is 5.41 Å². The molecule has 0 amide bonds. The molecule has 17 heavy (non-hydrogen) atoms. The molecule has 1 aromatic rings. The Morgan fingerprint density at radius 2 is 2.24 bits per heavy atom. The molecule has 5 heteroatoms. The second kappa shape index (κ2) is 5.12. The highest BCUT2D eigenvalue weighted by Crippen LogP contribution is 2.30. The number of amidine groups is 1. The minimum absolute atomic E-state index is 0.0319. The van der Waals surface area contributed by atoms with Crippen molar-refractivity contribution in [2.24, 2.45) is 5.73 Å². The number of rotatable bonds is 6. The van der Waals surface area contributed by atoms with Gasteiger partial charge in [-0.05, 0) is 19.3 Å². The highest BCUT2D eigenvalue weighted by molar-refractivity contribution is 5.92. The van der Waals surface area contributed by atoms with Crippen molar-refractivity contribution in [2.45, 2.75) is 38.6 Å². The van der Waals surface area contributed by atoms with Gasteiger partial charge in [0.15, 0.2) is 0 Å². The molecule has 1 aliphatic carbocycles. The summed E-state index contributed by atoms with van der Waals surface area (Å²) in [4.78, 5) is 10.8. The fourth-order valence-electron chi connectivity index (χ4n) is 1.81. The number of hydrogen-bond donors (Lipinski definition) is 2. The molecule has 5 nitrogen and oxygen atoms in total. The fourth-order valence-corrected chi connectivity index (χ4v) is 1.81. The van der Waals surface area contributed by atoms with Gasteiger partial charge in [0.1, 0.15) is 17.3 Å². The maximum atomic E-state index is 7.28. The molecule has 1 heterocycles. The quantitative estimate of drug-likeness (QED) is 0.577. The first kappa shape index (κ1) is 11.8. The van der Waals surface area contributed by atoms with Crippen LogP contribution in [0.25, 0.3) is 0 Å². The van der Waals surface area contributed by atoms with Crippen molar-refractivity contribution in [2.75, 3.05) is 11.4 Å². The summed E-state index contributed by atoms with van der Waals surface area (Å²) in [6, 6.07) is 0.638. The summed E-state index contributed by atoms with van der Waals surface area (Å²) in [6.45, 7) is 3.23. The Morgan fingerprint density at radius 1 is 1.47 bits per heavy atom. The Labute approximate surface area is 102 Å². The van der Waals surface area contributed by atoms with Crippen molar-refractivity contribution in [3.05, 3.63) is 18.1 Å². The first-order valence-corrected chi connectivity index (χ1v) is 6.15. The predicted octanol–water partition coefficient (Wildman–Crippen LogP) is 1.53. The molecule has 1 aliphatic rings. The van der Waals surface area contributed by atoms with Crippen molar-refractivity contribution in [3.8, 4) is 0 Å². The number of nitrogen functional groups attached to an aromatic ring is 1. The lowest BCUT2D eigenvalue weighted by Crippen LogP contribution is -2.28. The second-order valence-corrected chi connectivity index (χ2v) is 4.45. The summed E-state index contributed by atoms with van der Waals surface area (Å²) in [7, 11) is 0. The Bertz CT molecular complexity index is 382. The third-order valence-corrected chi connectivity index (χ3v) is 2.95. The number of nitrogens with zero attached hydrogens (tertiary/aromatic N) is 3. The largest absolute Gasteiger partial charge is 0.382 e. The van der Waals surface area contributed by atoms with Crippen LogP contribution in [0.15, 0.2) is 12.4 Å². The summed E-state index contributed by atoms with van der Waals surface area (Å²) < 4.78 is 0. The summed E-state index contributed by atoms with van der Waals surface area (Å²) in [5, 5.41) is 7.28. The highest BCUT2D eigenvalue weighted by Gasteiger charge is 2.29. The summed E-state index contributed by atoms with van der Waals surface area (Å²) in [6.07, 6.45) is 8.16. The van der Waals surface area contributed by atoms with E-state index < -0.39 is 0 Å². The van der Waals surface area contributed by atoms with Crippen molar-refractivity contribution in [1.29, 1.82) is 5.41 Å². The average Bonchev–Trinajstić information content (AvgIpc) is 3.14. The maximum Gasteiger partial charge on any atom is 0.147 e. The number of aromatic nitrogens is 2. The molecule has 1 fully saturated rings. The Balaban J connectivity index is 2.09. The molecule has 1 saturated carbocycles. The van der Waals surface area contributed by atoms with Gasteiger partial charge in [-0.1, -0.05) is 13.3 Å². The first-order valence-electron chi connectivity index (χ1n) is 6.15. The minimum atomic E-state index is -0.0319. The van der Waals surface area contributed by atoms with E-state index in [0.717, 1.165) is 12.4 Å². The average molecular weight is 233 g/mol. The van der Waals surface area contributed by atoms with Gasteiger partial charge in [-0.2, -0.15) is 0 Å². The van der Waals surface area contributed by atoms with Gasteiger partial charge < -0.3 is 10.6 Å². The minimum Gasteiger partial charge on any atom is -0.382 e. The molecule has 92 valence electrons. The van der Waals surface area contributed by atoms with E-state index in [1.165, 1.54) is 25.7 Å². The van der Waals surface area contributed by atoms with E-state index in [0.29, 0.717) is 11.7 Å². The number of nitrogens with one attached hydrogen (secondary N) is 1. The molecule has 0 bridgehead atoms. The van der Waals surface area contributed by atoms with Gasteiger partial charge in [-0.15, -0.1) is 0 Å². The molecule has 0 spiro atoms. The lowest BCUT2D eigenvalue weighted by atomic mass is 10.3. The molecular formula is C12H19N5. The van der Waals surface area contributed by atoms with Gasteiger partial charge in [0.2, 0.25) is 0 Å². The van der Waals surface area contributed by atoms with Crippen molar-refractivity contribution >= 4 is 11.7 Å². The summed E-state index contributed by atoms with van der Waals surface area (Å²) in [5.41, 5.74) is 5.80. The third kappa shape index (κ3) is 2.93. The standard InChI is InChI=1S/C12H19N5/c1-2-3-6-17(9-4-5-9)11-8-15-10(7-16-11)12(13)14/h7-9H,2-6H2,1H3,(H3,13,14).